The van der Waals surface area contributed by atoms with E-state index in [-0.39, 0.29) is 5.91 Å². The molecule has 134 valence electrons. The van der Waals surface area contributed by atoms with Gasteiger partial charge in [0.1, 0.15) is 11.3 Å². The van der Waals surface area contributed by atoms with Crippen LogP contribution in [0.5, 0.6) is 0 Å². The van der Waals surface area contributed by atoms with Crippen molar-refractivity contribution in [1.82, 2.24) is 14.9 Å². The van der Waals surface area contributed by atoms with Crippen LogP contribution in [0.2, 0.25) is 19.6 Å². The van der Waals surface area contributed by atoms with E-state index in [0.717, 1.165) is 28.8 Å². The third-order valence-electron chi connectivity index (χ3n) is 5.34. The fraction of sp³-hybridized carbons (Fsp3) is 0.333. The number of carbonyl (C=O) groups excluding carboxylic acids is 1. The van der Waals surface area contributed by atoms with Crippen LogP contribution < -0.4 is 0 Å². The second-order valence-corrected chi connectivity index (χ2v) is 13.8. The summed E-state index contributed by atoms with van der Waals surface area (Å²) in [5, 5.41) is 1.13. The highest BCUT2D eigenvalue weighted by Crippen LogP contribution is 2.39. The average Bonchev–Trinajstić information content (AvgIpc) is 2.96. The molecule has 0 saturated carbocycles. The number of carbonyl (C=O) groups is 1. The maximum Gasteiger partial charge on any atom is 0.270 e. The summed E-state index contributed by atoms with van der Waals surface area (Å²) in [6.45, 7) is 10.7. The van der Waals surface area contributed by atoms with Crippen molar-refractivity contribution >= 4 is 25.0 Å². The smallest absolute Gasteiger partial charge is 0.270 e. The summed E-state index contributed by atoms with van der Waals surface area (Å²) in [4.78, 5) is 23.1. The summed E-state index contributed by atoms with van der Waals surface area (Å²) in [6.07, 6.45) is 1.86. The van der Waals surface area contributed by atoms with Gasteiger partial charge in [0.2, 0.25) is 0 Å². The molecule has 1 aliphatic heterocycles. The Balaban J connectivity index is 1.83. The number of H-pyrrole nitrogens is 1. The molecule has 3 heterocycles. The Morgan fingerprint density at radius 2 is 1.96 bits per heavy atom. The van der Waals surface area contributed by atoms with Crippen LogP contribution in [0.25, 0.3) is 11.0 Å². The van der Waals surface area contributed by atoms with Gasteiger partial charge in [-0.15, -0.1) is 0 Å². The van der Waals surface area contributed by atoms with Crippen molar-refractivity contribution in [3.63, 3.8) is 0 Å². The van der Waals surface area contributed by atoms with E-state index in [0.29, 0.717) is 12.1 Å². The Morgan fingerprint density at radius 1 is 1.23 bits per heavy atom. The van der Waals surface area contributed by atoms with Gasteiger partial charge < -0.3 is 9.88 Å². The van der Waals surface area contributed by atoms with Gasteiger partial charge in [-0.2, -0.15) is 0 Å². The first kappa shape index (κ1) is 17.0. The van der Waals surface area contributed by atoms with Crippen molar-refractivity contribution < 1.29 is 4.79 Å². The van der Waals surface area contributed by atoms with Gasteiger partial charge in [0, 0.05) is 24.7 Å². The number of hydrogen-bond donors (Lipinski definition) is 1. The summed E-state index contributed by atoms with van der Waals surface area (Å²) in [5.74, 6) is 0.0917. The van der Waals surface area contributed by atoms with Crippen molar-refractivity contribution in [2.75, 3.05) is 6.54 Å². The molecule has 1 aliphatic rings. The lowest BCUT2D eigenvalue weighted by atomic mass is 10.0. The molecule has 0 spiro atoms. The van der Waals surface area contributed by atoms with Crippen molar-refractivity contribution in [3.8, 4) is 0 Å². The standard InChI is InChI=1S/C21H25N3OSi/c1-14-10-16-18-17(26(2,3)4)13-24(12-15-8-6-5-7-9-15)21(25)19(18)23-20(16)22-11-14/h5-11,17H,12-13H2,1-4H3,(H,22,23). The minimum absolute atomic E-state index is 0.0917. The lowest BCUT2D eigenvalue weighted by molar-refractivity contribution is 0.0717. The molecule has 1 aromatic carbocycles. The summed E-state index contributed by atoms with van der Waals surface area (Å²) >= 11 is 0. The molecule has 0 bridgehead atoms. The second kappa shape index (κ2) is 6.09. The van der Waals surface area contributed by atoms with E-state index in [1.165, 1.54) is 11.1 Å². The first-order valence-electron chi connectivity index (χ1n) is 9.16. The molecule has 1 N–H and O–H groups in total. The molecule has 1 amide bonds. The largest absolute Gasteiger partial charge is 0.335 e. The fourth-order valence-corrected chi connectivity index (χ4v) is 5.86. The lowest BCUT2D eigenvalue weighted by Crippen LogP contribution is -2.47. The average molecular weight is 364 g/mol. The summed E-state index contributed by atoms with van der Waals surface area (Å²) in [5.41, 5.74) is 5.48. The third-order valence-corrected chi connectivity index (χ3v) is 7.90. The van der Waals surface area contributed by atoms with Gasteiger partial charge in [0.15, 0.2) is 0 Å². The summed E-state index contributed by atoms with van der Waals surface area (Å²) in [7, 11) is -1.54. The van der Waals surface area contributed by atoms with Gasteiger partial charge in [-0.1, -0.05) is 50.0 Å². The molecule has 4 nitrogen and oxygen atoms in total. The van der Waals surface area contributed by atoms with Crippen LogP contribution in [0.4, 0.5) is 0 Å². The summed E-state index contributed by atoms with van der Waals surface area (Å²) < 4.78 is 0. The normalized spacial score (nSPS) is 17.6. The molecule has 0 radical (unpaired) electrons. The first-order chi connectivity index (χ1) is 12.3. The molecule has 4 rings (SSSR count). The highest BCUT2D eigenvalue weighted by molar-refractivity contribution is 6.77. The number of rotatable bonds is 3. The zero-order chi connectivity index (χ0) is 18.5. The number of benzene rings is 1. The minimum atomic E-state index is -1.54. The van der Waals surface area contributed by atoms with Crippen LogP contribution in [0.15, 0.2) is 42.6 Å². The van der Waals surface area contributed by atoms with E-state index in [9.17, 15) is 4.79 Å². The molecule has 26 heavy (non-hydrogen) atoms. The molecule has 0 saturated heterocycles. The number of amides is 1. The van der Waals surface area contributed by atoms with E-state index in [2.05, 4.69) is 54.7 Å². The van der Waals surface area contributed by atoms with Crippen LogP contribution >= 0.6 is 0 Å². The molecule has 1 atom stereocenters. The molecule has 3 aromatic rings. The molecule has 1 unspecified atom stereocenters. The van der Waals surface area contributed by atoms with Crippen LogP contribution in [-0.4, -0.2) is 35.4 Å². The Labute approximate surface area is 155 Å². The highest BCUT2D eigenvalue weighted by Gasteiger charge is 2.41. The lowest BCUT2D eigenvalue weighted by Gasteiger charge is -2.38. The fourth-order valence-electron chi connectivity index (χ4n) is 3.92. The zero-order valence-corrected chi connectivity index (χ0v) is 16.8. The van der Waals surface area contributed by atoms with Crippen molar-refractivity contribution in [2.45, 2.75) is 38.7 Å². The van der Waals surface area contributed by atoms with Gasteiger partial charge in [-0.3, -0.25) is 4.79 Å². The second-order valence-electron chi connectivity index (χ2n) is 8.41. The van der Waals surface area contributed by atoms with Gasteiger partial charge in [0.25, 0.3) is 5.91 Å². The number of fused-ring (bicyclic) bond motifs is 3. The molecule has 0 aliphatic carbocycles. The van der Waals surface area contributed by atoms with Crippen LogP contribution in [0.1, 0.15) is 32.7 Å². The quantitative estimate of drug-likeness (QED) is 0.697. The van der Waals surface area contributed by atoms with Crippen molar-refractivity contribution in [2.24, 2.45) is 0 Å². The Kier molecular flexibility index (Phi) is 3.99. The molecular formula is C21H25N3OSi. The number of aryl methyl sites for hydroxylation is 1. The number of hydrogen-bond acceptors (Lipinski definition) is 2. The molecular weight excluding hydrogens is 338 g/mol. The Bertz CT molecular complexity index is 972. The van der Waals surface area contributed by atoms with Crippen molar-refractivity contribution in [1.29, 1.82) is 0 Å². The van der Waals surface area contributed by atoms with Gasteiger partial charge in [-0.25, -0.2) is 4.98 Å². The molecule has 0 fully saturated rings. The number of nitrogens with one attached hydrogen (secondary N) is 1. The van der Waals surface area contributed by atoms with Gasteiger partial charge >= 0.3 is 0 Å². The van der Waals surface area contributed by atoms with E-state index in [1.807, 2.05) is 29.3 Å². The highest BCUT2D eigenvalue weighted by atomic mass is 28.3. The Hall–Kier alpha value is -2.40. The van der Waals surface area contributed by atoms with Crippen LogP contribution in [-0.2, 0) is 6.54 Å². The zero-order valence-electron chi connectivity index (χ0n) is 15.8. The topological polar surface area (TPSA) is 49.0 Å². The monoisotopic (exact) mass is 363 g/mol. The molecule has 2 aromatic heterocycles. The summed E-state index contributed by atoms with van der Waals surface area (Å²) in [6, 6.07) is 12.4. The number of nitrogens with zero attached hydrogens (tertiary/aromatic N) is 2. The minimum Gasteiger partial charge on any atom is -0.335 e. The van der Waals surface area contributed by atoms with E-state index in [1.54, 1.807) is 0 Å². The maximum absolute atomic E-state index is 13.2. The Morgan fingerprint density at radius 3 is 2.65 bits per heavy atom. The first-order valence-corrected chi connectivity index (χ1v) is 12.7. The van der Waals surface area contributed by atoms with E-state index < -0.39 is 8.07 Å². The molecule has 5 heteroatoms. The number of aromatic amines is 1. The van der Waals surface area contributed by atoms with Gasteiger partial charge in [0.05, 0.1) is 8.07 Å². The predicted molar refractivity (Wildman–Crippen MR) is 108 cm³/mol. The van der Waals surface area contributed by atoms with Gasteiger partial charge in [-0.05, 0) is 35.2 Å². The third kappa shape index (κ3) is 2.86. The maximum atomic E-state index is 13.2. The van der Waals surface area contributed by atoms with Crippen LogP contribution in [0, 0.1) is 6.92 Å². The number of aromatic nitrogens is 2. The van der Waals surface area contributed by atoms with Crippen LogP contribution in [0.3, 0.4) is 0 Å². The van der Waals surface area contributed by atoms with E-state index in [4.69, 9.17) is 0 Å². The SMILES string of the molecule is Cc1cnc2[nH]c3c(c2c1)C([Si](C)(C)C)CN(Cc1ccccc1)C3=O. The number of pyridine rings is 1. The van der Waals surface area contributed by atoms with Crippen molar-refractivity contribution in [3.05, 3.63) is 65.0 Å². The predicted octanol–water partition coefficient (Wildman–Crippen LogP) is 4.49. The van der Waals surface area contributed by atoms with E-state index >= 15 is 0 Å².